The number of fused-ring (bicyclic) bond motifs is 5. The van der Waals surface area contributed by atoms with Gasteiger partial charge >= 0.3 is 0 Å². The highest BCUT2D eigenvalue weighted by Crippen LogP contribution is 2.66. The van der Waals surface area contributed by atoms with Crippen LogP contribution < -0.4 is 4.83 Å². The van der Waals surface area contributed by atoms with Gasteiger partial charge in [-0.15, -0.1) is 0 Å². The molecule has 0 heterocycles. The predicted molar refractivity (Wildman–Crippen MR) is 131 cm³/mol. The summed E-state index contributed by atoms with van der Waals surface area (Å²) in [5.41, 5.74) is 2.84. The van der Waals surface area contributed by atoms with Crippen LogP contribution in [0.1, 0.15) is 72.1 Å². The summed E-state index contributed by atoms with van der Waals surface area (Å²) in [7, 11) is -3.64. The van der Waals surface area contributed by atoms with Crippen molar-refractivity contribution >= 4 is 15.7 Å². The number of hydrogen-bond acceptors (Lipinski definition) is 4. The van der Waals surface area contributed by atoms with Gasteiger partial charge in [0.2, 0.25) is 0 Å². The quantitative estimate of drug-likeness (QED) is 0.357. The second-order valence-corrected chi connectivity index (χ2v) is 13.2. The summed E-state index contributed by atoms with van der Waals surface area (Å²) in [6, 6.07) is 8.45. The Kier molecular flexibility index (Phi) is 5.76. The van der Waals surface area contributed by atoms with Crippen LogP contribution in [0.25, 0.3) is 0 Å². The molecule has 5 nitrogen and oxygen atoms in total. The largest absolute Gasteiger partial charge is 0.393 e. The second kappa shape index (κ2) is 8.23. The Morgan fingerprint density at radius 1 is 1.06 bits per heavy atom. The van der Waals surface area contributed by atoms with Gasteiger partial charge in [-0.2, -0.15) is 13.5 Å². The van der Waals surface area contributed by atoms with E-state index >= 15 is 0 Å². The van der Waals surface area contributed by atoms with Crippen LogP contribution in [-0.2, 0) is 10.0 Å². The number of allylic oxidation sites excluding steroid dienone is 1. The van der Waals surface area contributed by atoms with Crippen molar-refractivity contribution in [3.63, 3.8) is 0 Å². The molecule has 0 aromatic heterocycles. The molecule has 3 fully saturated rings. The maximum atomic E-state index is 12.7. The SMILES string of the molecule is CC(=NNS(=O)(=O)c1ccccc1)C1CCC2C3CC=C4CC(O)CCC4(C)C3CCC12C. The van der Waals surface area contributed by atoms with E-state index in [-0.39, 0.29) is 21.8 Å². The van der Waals surface area contributed by atoms with Crippen molar-refractivity contribution in [2.75, 3.05) is 0 Å². The van der Waals surface area contributed by atoms with E-state index in [2.05, 4.69) is 29.9 Å². The molecule has 1 aromatic rings. The van der Waals surface area contributed by atoms with Crippen molar-refractivity contribution < 1.29 is 13.5 Å². The first-order valence-corrected chi connectivity index (χ1v) is 14.1. The van der Waals surface area contributed by atoms with Crippen molar-refractivity contribution in [2.45, 2.75) is 83.1 Å². The summed E-state index contributed by atoms with van der Waals surface area (Å²) in [6.07, 6.45) is 11.0. The molecule has 5 rings (SSSR count). The number of sulfonamides is 1. The molecule has 0 aliphatic heterocycles. The van der Waals surface area contributed by atoms with Crippen LogP contribution in [-0.4, -0.2) is 25.3 Å². The van der Waals surface area contributed by atoms with Crippen LogP contribution >= 0.6 is 0 Å². The van der Waals surface area contributed by atoms with Gasteiger partial charge < -0.3 is 5.11 Å². The first kappa shape index (κ1) is 23.1. The van der Waals surface area contributed by atoms with Crippen LogP contribution in [0, 0.1) is 34.5 Å². The smallest absolute Gasteiger partial charge is 0.276 e. The molecular weight excluding hydrogens is 432 g/mol. The molecule has 4 aliphatic rings. The monoisotopic (exact) mass is 470 g/mol. The normalized spacial score (nSPS) is 40.9. The highest BCUT2D eigenvalue weighted by molar-refractivity contribution is 7.89. The molecule has 7 unspecified atom stereocenters. The molecule has 0 bridgehead atoms. The summed E-state index contributed by atoms with van der Waals surface area (Å²) < 4.78 is 25.3. The highest BCUT2D eigenvalue weighted by atomic mass is 32.2. The molecule has 33 heavy (non-hydrogen) atoms. The molecule has 2 N–H and O–H groups in total. The van der Waals surface area contributed by atoms with Crippen molar-refractivity contribution in [1.29, 1.82) is 0 Å². The van der Waals surface area contributed by atoms with E-state index in [1.165, 1.54) is 24.8 Å². The molecule has 3 saturated carbocycles. The van der Waals surface area contributed by atoms with Crippen LogP contribution in [0.3, 0.4) is 0 Å². The average molecular weight is 471 g/mol. The Labute approximate surface area is 198 Å². The van der Waals surface area contributed by atoms with Crippen molar-refractivity contribution in [1.82, 2.24) is 4.83 Å². The number of aliphatic hydroxyl groups excluding tert-OH is 1. The Bertz CT molecular complexity index is 1070. The van der Waals surface area contributed by atoms with E-state index in [1.54, 1.807) is 24.3 Å². The first-order chi connectivity index (χ1) is 15.6. The number of aliphatic hydroxyl groups is 1. The number of hydrogen-bond donors (Lipinski definition) is 2. The van der Waals surface area contributed by atoms with E-state index in [4.69, 9.17) is 0 Å². The Balaban J connectivity index is 1.35. The summed E-state index contributed by atoms with van der Waals surface area (Å²) in [5.74, 6) is 2.36. The molecule has 1 aromatic carbocycles. The average Bonchev–Trinajstić information content (AvgIpc) is 3.16. The lowest BCUT2D eigenvalue weighted by atomic mass is 9.47. The minimum atomic E-state index is -3.64. The van der Waals surface area contributed by atoms with Gasteiger partial charge in [-0.3, -0.25) is 0 Å². The Morgan fingerprint density at radius 3 is 2.58 bits per heavy atom. The standard InChI is InChI=1S/C27H38N2O3S/c1-18(28-29-33(31,32)21-7-5-4-6-8-21)23-11-12-24-22-10-9-19-17-20(30)13-15-26(19,2)25(22)14-16-27(23,24)3/h4-9,20,22-25,29-30H,10-17H2,1-3H3. The summed E-state index contributed by atoms with van der Waals surface area (Å²) in [5, 5.41) is 14.6. The molecule has 0 saturated heterocycles. The van der Waals surface area contributed by atoms with E-state index in [0.717, 1.165) is 37.8 Å². The minimum Gasteiger partial charge on any atom is -0.393 e. The minimum absolute atomic E-state index is 0.163. The van der Waals surface area contributed by atoms with Crippen LogP contribution in [0.2, 0.25) is 0 Å². The predicted octanol–water partition coefficient (Wildman–Crippen LogP) is 5.28. The van der Waals surface area contributed by atoms with Crippen LogP contribution in [0.15, 0.2) is 52.0 Å². The fourth-order valence-corrected chi connectivity index (χ4v) is 9.08. The molecule has 180 valence electrons. The summed E-state index contributed by atoms with van der Waals surface area (Å²) >= 11 is 0. The van der Waals surface area contributed by atoms with Crippen molar-refractivity contribution in [2.24, 2.45) is 39.6 Å². The molecule has 4 aliphatic carbocycles. The molecule has 6 heteroatoms. The molecule has 0 spiro atoms. The second-order valence-electron chi connectivity index (χ2n) is 11.5. The van der Waals surface area contributed by atoms with E-state index in [9.17, 15) is 13.5 Å². The Morgan fingerprint density at radius 2 is 1.82 bits per heavy atom. The summed E-state index contributed by atoms with van der Waals surface area (Å²) in [6.45, 7) is 6.89. The lowest BCUT2D eigenvalue weighted by Crippen LogP contribution is -2.51. The van der Waals surface area contributed by atoms with Gasteiger partial charge in [0, 0.05) is 11.6 Å². The topological polar surface area (TPSA) is 78.8 Å². The van der Waals surface area contributed by atoms with Gasteiger partial charge in [-0.25, -0.2) is 4.83 Å². The molecular formula is C27H38N2O3S. The fourth-order valence-electron chi connectivity index (χ4n) is 8.19. The lowest BCUT2D eigenvalue weighted by Gasteiger charge is -2.58. The third kappa shape index (κ3) is 3.78. The number of nitrogens with zero attached hydrogens (tertiary/aromatic N) is 1. The Hall–Kier alpha value is -1.66. The van der Waals surface area contributed by atoms with Gasteiger partial charge in [0.15, 0.2) is 0 Å². The van der Waals surface area contributed by atoms with Crippen molar-refractivity contribution in [3.05, 3.63) is 42.0 Å². The van der Waals surface area contributed by atoms with Crippen molar-refractivity contribution in [3.8, 4) is 0 Å². The number of hydrazone groups is 1. The van der Waals surface area contributed by atoms with Crippen LogP contribution in [0.5, 0.6) is 0 Å². The molecule has 0 amide bonds. The first-order valence-electron chi connectivity index (χ1n) is 12.6. The third-order valence-electron chi connectivity index (χ3n) is 9.98. The van der Waals surface area contributed by atoms with Gasteiger partial charge in [-0.05, 0) is 99.0 Å². The van der Waals surface area contributed by atoms with Gasteiger partial charge in [0.25, 0.3) is 10.0 Å². The number of benzene rings is 1. The van der Waals surface area contributed by atoms with Crippen LogP contribution in [0.4, 0.5) is 0 Å². The molecule has 0 radical (unpaired) electrons. The zero-order valence-corrected chi connectivity index (χ0v) is 20.9. The van der Waals surface area contributed by atoms with E-state index in [0.29, 0.717) is 23.7 Å². The number of nitrogens with one attached hydrogen (secondary N) is 1. The fraction of sp³-hybridized carbons (Fsp3) is 0.667. The van der Waals surface area contributed by atoms with E-state index < -0.39 is 10.0 Å². The molecule has 7 atom stereocenters. The zero-order valence-electron chi connectivity index (χ0n) is 20.1. The van der Waals surface area contributed by atoms with Gasteiger partial charge in [0.05, 0.1) is 11.0 Å². The lowest BCUT2D eigenvalue weighted by molar-refractivity contribution is -0.0423. The zero-order chi connectivity index (χ0) is 23.4. The summed E-state index contributed by atoms with van der Waals surface area (Å²) in [4.78, 5) is 2.74. The van der Waals surface area contributed by atoms with E-state index in [1.807, 2.05) is 13.0 Å². The number of rotatable bonds is 4. The maximum Gasteiger partial charge on any atom is 0.276 e. The van der Waals surface area contributed by atoms with Gasteiger partial charge in [0.1, 0.15) is 0 Å². The van der Waals surface area contributed by atoms with Gasteiger partial charge in [-0.1, -0.05) is 43.7 Å². The maximum absolute atomic E-state index is 12.7. The third-order valence-corrected chi connectivity index (χ3v) is 11.2. The highest BCUT2D eigenvalue weighted by Gasteiger charge is 2.59.